The second kappa shape index (κ2) is 9.46. The van der Waals surface area contributed by atoms with Crippen LogP contribution in [0, 0.1) is 0 Å². The minimum Gasteiger partial charge on any atom is -1.00 e. The molecule has 1 nitrogen and oxygen atoms in total. The van der Waals surface area contributed by atoms with E-state index in [2.05, 4.69) is 6.92 Å². The predicted octanol–water partition coefficient (Wildman–Crippen LogP) is 1.28. The van der Waals surface area contributed by atoms with Crippen LogP contribution in [-0.4, -0.2) is 23.3 Å². The SMILES string of the molecule is CCCOCC.[Be+2].[H-].[H-]. The topological polar surface area (TPSA) is 9.23 Å². The first kappa shape index (κ1) is 10.2. The number of rotatable bonds is 3. The monoisotopic (exact) mass is 99.1 g/mol. The summed E-state index contributed by atoms with van der Waals surface area (Å²) in [6.45, 7) is 5.88. The minimum absolute atomic E-state index is 0. The van der Waals surface area contributed by atoms with Crippen LogP contribution < -0.4 is 0 Å². The van der Waals surface area contributed by atoms with Crippen molar-refractivity contribution in [1.82, 2.24) is 0 Å². The largest absolute Gasteiger partial charge is 2.00 e. The average molecular weight is 99.2 g/mol. The van der Waals surface area contributed by atoms with E-state index in [9.17, 15) is 0 Å². The van der Waals surface area contributed by atoms with E-state index in [0.717, 1.165) is 19.6 Å². The van der Waals surface area contributed by atoms with Gasteiger partial charge in [0.2, 0.25) is 0 Å². The predicted molar refractivity (Wildman–Crippen MR) is 34.8 cm³/mol. The molecule has 0 aliphatic heterocycles. The number of hydrogen-bond donors (Lipinski definition) is 0. The van der Waals surface area contributed by atoms with Crippen molar-refractivity contribution in [3.63, 3.8) is 0 Å². The minimum atomic E-state index is 0. The van der Waals surface area contributed by atoms with Crippen molar-refractivity contribution < 1.29 is 7.59 Å². The van der Waals surface area contributed by atoms with Crippen LogP contribution in [0.15, 0.2) is 0 Å². The molecule has 0 saturated carbocycles. The van der Waals surface area contributed by atoms with Crippen LogP contribution in [0.2, 0.25) is 0 Å². The van der Waals surface area contributed by atoms with E-state index in [1.165, 1.54) is 0 Å². The van der Waals surface area contributed by atoms with Crippen molar-refractivity contribution in [2.45, 2.75) is 20.3 Å². The molecule has 0 aliphatic carbocycles. The van der Waals surface area contributed by atoms with E-state index < -0.39 is 0 Å². The van der Waals surface area contributed by atoms with Gasteiger partial charge < -0.3 is 7.59 Å². The molecule has 0 heterocycles. The van der Waals surface area contributed by atoms with E-state index >= 15 is 0 Å². The van der Waals surface area contributed by atoms with Crippen LogP contribution >= 0.6 is 0 Å². The van der Waals surface area contributed by atoms with Gasteiger partial charge in [0, 0.05) is 13.2 Å². The van der Waals surface area contributed by atoms with Crippen LogP contribution in [0.5, 0.6) is 0 Å². The van der Waals surface area contributed by atoms with Gasteiger partial charge in [0.05, 0.1) is 0 Å². The van der Waals surface area contributed by atoms with Gasteiger partial charge in [0.15, 0.2) is 0 Å². The Kier molecular flexibility index (Phi) is 13.8. The summed E-state index contributed by atoms with van der Waals surface area (Å²) < 4.78 is 4.98. The molecule has 0 bridgehead atoms. The molecule has 0 aromatic heterocycles. The van der Waals surface area contributed by atoms with Gasteiger partial charge in [-0.1, -0.05) is 6.92 Å². The van der Waals surface area contributed by atoms with E-state index in [4.69, 9.17) is 4.74 Å². The maximum Gasteiger partial charge on any atom is 2.00 e. The molecule has 0 saturated heterocycles. The van der Waals surface area contributed by atoms with Crippen molar-refractivity contribution >= 4 is 10.1 Å². The Hall–Kier alpha value is 0.129. The molecule has 0 radical (unpaired) electrons. The third-order valence-corrected chi connectivity index (χ3v) is 0.553. The van der Waals surface area contributed by atoms with Crippen molar-refractivity contribution in [2.24, 2.45) is 0 Å². The second-order valence-corrected chi connectivity index (χ2v) is 1.20. The maximum absolute atomic E-state index is 4.98. The standard InChI is InChI=1S/C5H12O.Be.2H/c1-3-5-6-4-2;;;/h3-5H2,1-2H3;;;/q;+2;2*-1. The summed E-state index contributed by atoms with van der Waals surface area (Å²) in [4.78, 5) is 0. The molecule has 7 heavy (non-hydrogen) atoms. The number of hydrogen-bond acceptors (Lipinski definition) is 1. The summed E-state index contributed by atoms with van der Waals surface area (Å²) in [6, 6.07) is 0. The van der Waals surface area contributed by atoms with Crippen LogP contribution in [0.1, 0.15) is 23.1 Å². The van der Waals surface area contributed by atoms with E-state index in [1.807, 2.05) is 6.92 Å². The van der Waals surface area contributed by atoms with Crippen LogP contribution in [0.25, 0.3) is 0 Å². The molecule has 0 aromatic carbocycles. The summed E-state index contributed by atoms with van der Waals surface area (Å²) in [7, 11) is 0. The zero-order valence-electron chi connectivity index (χ0n) is 7.24. The van der Waals surface area contributed by atoms with Gasteiger partial charge in [-0.05, 0) is 13.3 Å². The van der Waals surface area contributed by atoms with Crippen molar-refractivity contribution in [1.29, 1.82) is 0 Å². The van der Waals surface area contributed by atoms with Gasteiger partial charge >= 0.3 is 10.1 Å². The Morgan fingerprint density at radius 3 is 2.14 bits per heavy atom. The molecule has 0 rings (SSSR count). The normalized spacial score (nSPS) is 7.71. The Bertz CT molecular complexity index is 26.9. The first-order chi connectivity index (χ1) is 2.91. The molecule has 0 aromatic rings. The van der Waals surface area contributed by atoms with Crippen LogP contribution in [-0.2, 0) is 4.74 Å². The second-order valence-electron chi connectivity index (χ2n) is 1.20. The van der Waals surface area contributed by atoms with E-state index in [1.54, 1.807) is 0 Å². The summed E-state index contributed by atoms with van der Waals surface area (Å²) in [5, 5.41) is 0. The molecule has 0 fully saturated rings. The molecule has 0 aliphatic rings. The molecular formula is C5H14BeO. The zero-order valence-corrected chi connectivity index (χ0v) is 5.24. The number of ether oxygens (including phenoxy) is 1. The van der Waals surface area contributed by atoms with E-state index in [0.29, 0.717) is 0 Å². The van der Waals surface area contributed by atoms with Crippen molar-refractivity contribution in [2.75, 3.05) is 13.2 Å². The molecule has 0 spiro atoms. The Labute approximate surface area is 52.2 Å². The molecule has 0 N–H and O–H groups in total. The van der Waals surface area contributed by atoms with Gasteiger partial charge in [0.1, 0.15) is 0 Å². The van der Waals surface area contributed by atoms with Crippen LogP contribution in [0.3, 0.4) is 0 Å². The molecule has 0 amide bonds. The van der Waals surface area contributed by atoms with Crippen molar-refractivity contribution in [3.8, 4) is 0 Å². The summed E-state index contributed by atoms with van der Waals surface area (Å²) in [5.74, 6) is 0. The van der Waals surface area contributed by atoms with Gasteiger partial charge in [0.25, 0.3) is 0 Å². The van der Waals surface area contributed by atoms with E-state index in [-0.39, 0.29) is 13.0 Å². The molecule has 0 unspecified atom stereocenters. The summed E-state index contributed by atoms with van der Waals surface area (Å²) >= 11 is 0. The Morgan fingerprint density at radius 2 is 2.00 bits per heavy atom. The fourth-order valence-electron chi connectivity index (χ4n) is 0.289. The fraction of sp³-hybridized carbons (Fsp3) is 1.00. The summed E-state index contributed by atoms with van der Waals surface area (Å²) in [6.07, 6.45) is 1.13. The van der Waals surface area contributed by atoms with Gasteiger partial charge in [-0.25, -0.2) is 0 Å². The van der Waals surface area contributed by atoms with Gasteiger partial charge in [-0.3, -0.25) is 0 Å². The Balaban J connectivity index is -0.0000000417. The molecule has 2 heteroatoms. The maximum atomic E-state index is 4.98. The molecular weight excluding hydrogens is 85.1 g/mol. The van der Waals surface area contributed by atoms with Crippen molar-refractivity contribution in [3.05, 3.63) is 0 Å². The van der Waals surface area contributed by atoms with Crippen LogP contribution in [0.4, 0.5) is 0 Å². The summed E-state index contributed by atoms with van der Waals surface area (Å²) in [5.41, 5.74) is 0. The molecule has 42 valence electrons. The van der Waals surface area contributed by atoms with Gasteiger partial charge in [-0.2, -0.15) is 0 Å². The molecule has 0 atom stereocenters. The first-order valence-corrected chi connectivity index (χ1v) is 2.49. The fourth-order valence-corrected chi connectivity index (χ4v) is 0.289. The smallest absolute Gasteiger partial charge is 1.00 e. The average Bonchev–Trinajstić information content (AvgIpc) is 1.61. The first-order valence-electron chi connectivity index (χ1n) is 2.49. The third kappa shape index (κ3) is 10.7. The third-order valence-electron chi connectivity index (χ3n) is 0.553. The zero-order chi connectivity index (χ0) is 4.83. The Morgan fingerprint density at radius 1 is 1.43 bits per heavy atom. The quantitative estimate of drug-likeness (QED) is 0.382. The van der Waals surface area contributed by atoms with Gasteiger partial charge in [-0.15, -0.1) is 0 Å².